The van der Waals surface area contributed by atoms with Crippen LogP contribution in [-0.2, 0) is 11.3 Å². The monoisotopic (exact) mass is 477 g/mol. The first-order valence-electron chi connectivity index (χ1n) is 8.69. The van der Waals surface area contributed by atoms with Gasteiger partial charge < -0.3 is 24.3 Å². The minimum atomic E-state index is -0.473. The van der Waals surface area contributed by atoms with E-state index in [0.29, 0.717) is 32.1 Å². The largest absolute Gasteiger partial charge is 0.444 e. The van der Waals surface area contributed by atoms with E-state index in [9.17, 15) is 4.79 Å². The van der Waals surface area contributed by atoms with Gasteiger partial charge in [0.05, 0.1) is 24.8 Å². The van der Waals surface area contributed by atoms with Gasteiger partial charge in [-0.05, 0) is 34.6 Å². The number of aliphatic imine (C=N–C) groups is 1. The number of fused-ring (bicyclic) bond motifs is 1. The van der Waals surface area contributed by atoms with Gasteiger partial charge in [0.2, 0.25) is 5.89 Å². The summed E-state index contributed by atoms with van der Waals surface area (Å²) in [7, 11) is 0. The Kier molecular flexibility index (Phi) is 6.41. The van der Waals surface area contributed by atoms with Crippen molar-refractivity contribution in [2.24, 2.45) is 4.99 Å². The molecule has 0 saturated carbocycles. The number of carbonyl (C=O) groups excluding carboxylic acids is 1. The minimum absolute atomic E-state index is 0. The number of aromatic nitrogens is 1. The van der Waals surface area contributed by atoms with Gasteiger partial charge in [0.15, 0.2) is 5.96 Å². The second-order valence-electron chi connectivity index (χ2n) is 7.54. The number of hydrogen-bond acceptors (Lipinski definition) is 7. The third-order valence-electron chi connectivity index (χ3n) is 4.33. The van der Waals surface area contributed by atoms with E-state index in [0.717, 1.165) is 24.0 Å². The third-order valence-corrected chi connectivity index (χ3v) is 4.33. The molecule has 3 heterocycles. The van der Waals surface area contributed by atoms with E-state index in [1.165, 1.54) is 0 Å². The second kappa shape index (κ2) is 8.01. The molecule has 1 saturated heterocycles. The average Bonchev–Trinajstić information content (AvgIpc) is 3.06. The first kappa shape index (κ1) is 20.8. The van der Waals surface area contributed by atoms with Gasteiger partial charge in [-0.25, -0.2) is 9.78 Å². The predicted octanol–water partition coefficient (Wildman–Crippen LogP) is 2.29. The van der Waals surface area contributed by atoms with E-state index in [1.807, 2.05) is 34.6 Å². The van der Waals surface area contributed by atoms with Crippen molar-refractivity contribution in [3.05, 3.63) is 17.3 Å². The molecule has 0 aromatic carbocycles. The number of piperazine rings is 1. The summed E-state index contributed by atoms with van der Waals surface area (Å²) in [5.74, 6) is 2.35. The molecule has 0 spiro atoms. The zero-order chi connectivity index (χ0) is 18.2. The average molecular weight is 477 g/mol. The van der Waals surface area contributed by atoms with E-state index >= 15 is 0 Å². The summed E-state index contributed by atoms with van der Waals surface area (Å²) in [6.45, 7) is 12.7. The predicted molar refractivity (Wildman–Crippen MR) is 109 cm³/mol. The summed E-state index contributed by atoms with van der Waals surface area (Å²) in [5.41, 5.74) is 0.438. The minimum Gasteiger partial charge on any atom is -0.444 e. The van der Waals surface area contributed by atoms with Crippen LogP contribution < -0.4 is 5.32 Å². The molecule has 1 fully saturated rings. The molecule has 26 heavy (non-hydrogen) atoms. The first-order valence-corrected chi connectivity index (χ1v) is 8.69. The smallest absolute Gasteiger partial charge is 0.410 e. The van der Waals surface area contributed by atoms with Crippen LogP contribution in [0.2, 0.25) is 0 Å². The van der Waals surface area contributed by atoms with E-state index in [-0.39, 0.29) is 36.1 Å². The quantitative estimate of drug-likeness (QED) is 0.659. The number of guanidine groups is 1. The van der Waals surface area contributed by atoms with Crippen LogP contribution in [0.3, 0.4) is 0 Å². The molecule has 1 aromatic rings. The number of nitrogens with zero attached hydrogens (tertiary/aromatic N) is 4. The Labute approximate surface area is 171 Å². The number of carbonyl (C=O) groups is 1. The van der Waals surface area contributed by atoms with Gasteiger partial charge in [0, 0.05) is 19.6 Å². The van der Waals surface area contributed by atoms with Crippen LogP contribution in [0.15, 0.2) is 9.41 Å². The molecule has 1 N–H and O–H groups in total. The standard InChI is InChI=1S/C17H27N5O3.HI/c1-11-12(2)24-14(20-11)9-19-15-18-8-13-10-21(6-7-22(13)15)16(23)25-17(3,4)5;/h13H,6-10H2,1-5H3,(H,18,19);1H. The highest BCUT2D eigenvalue weighted by molar-refractivity contribution is 14.0. The van der Waals surface area contributed by atoms with Gasteiger partial charge in [0.25, 0.3) is 0 Å². The normalized spacial score (nSPS) is 19.6. The molecule has 8 nitrogen and oxygen atoms in total. The molecular weight excluding hydrogens is 449 g/mol. The number of aryl methyl sites for hydroxylation is 2. The molecule has 9 heteroatoms. The van der Waals surface area contributed by atoms with Crippen molar-refractivity contribution >= 4 is 36.0 Å². The van der Waals surface area contributed by atoms with Crippen LogP contribution in [0.4, 0.5) is 4.79 Å². The third kappa shape index (κ3) is 4.80. The molecule has 3 rings (SSSR count). The molecule has 1 atom stereocenters. The van der Waals surface area contributed by atoms with Gasteiger partial charge in [-0.1, -0.05) is 0 Å². The fourth-order valence-corrected chi connectivity index (χ4v) is 2.99. The molecular formula is C17H28IN5O3. The number of rotatable bonds is 2. The highest BCUT2D eigenvalue weighted by atomic mass is 127. The molecule has 2 aliphatic heterocycles. The summed E-state index contributed by atoms with van der Waals surface area (Å²) < 4.78 is 11.1. The van der Waals surface area contributed by atoms with Crippen molar-refractivity contribution < 1.29 is 13.9 Å². The number of halogens is 1. The van der Waals surface area contributed by atoms with Gasteiger partial charge in [-0.15, -0.1) is 24.0 Å². The van der Waals surface area contributed by atoms with Crippen molar-refractivity contribution in [3.8, 4) is 0 Å². The maximum Gasteiger partial charge on any atom is 0.410 e. The lowest BCUT2D eigenvalue weighted by Gasteiger charge is -2.39. The van der Waals surface area contributed by atoms with Crippen LogP contribution >= 0.6 is 24.0 Å². The van der Waals surface area contributed by atoms with Crippen LogP contribution in [0.5, 0.6) is 0 Å². The number of oxazole rings is 1. The van der Waals surface area contributed by atoms with Crippen molar-refractivity contribution in [2.45, 2.75) is 52.8 Å². The maximum absolute atomic E-state index is 12.2. The Balaban J connectivity index is 0.00000243. The first-order chi connectivity index (χ1) is 11.7. The highest BCUT2D eigenvalue weighted by Crippen LogP contribution is 2.19. The van der Waals surface area contributed by atoms with Gasteiger partial charge >= 0.3 is 6.09 Å². The van der Waals surface area contributed by atoms with E-state index in [2.05, 4.69) is 20.2 Å². The molecule has 146 valence electrons. The fourth-order valence-electron chi connectivity index (χ4n) is 2.99. The van der Waals surface area contributed by atoms with Crippen molar-refractivity contribution in [3.63, 3.8) is 0 Å². The molecule has 0 aliphatic carbocycles. The van der Waals surface area contributed by atoms with Crippen LogP contribution in [0.1, 0.15) is 38.1 Å². The SMILES string of the molecule is Cc1nc(CNC2=NCC3CN(C(=O)OC(C)(C)C)CCN23)oc1C.I. The summed E-state index contributed by atoms with van der Waals surface area (Å²) in [4.78, 5) is 25.2. The molecule has 0 bridgehead atoms. The Morgan fingerprint density at radius 1 is 1.35 bits per heavy atom. The zero-order valence-electron chi connectivity index (χ0n) is 16.0. The Hall–Kier alpha value is -1.52. The summed E-state index contributed by atoms with van der Waals surface area (Å²) in [5, 5.41) is 3.30. The lowest BCUT2D eigenvalue weighted by molar-refractivity contribution is 0.0137. The topological polar surface area (TPSA) is 83.2 Å². The summed E-state index contributed by atoms with van der Waals surface area (Å²) in [6, 6.07) is 0.191. The molecule has 0 radical (unpaired) electrons. The Morgan fingerprint density at radius 2 is 2.08 bits per heavy atom. The Bertz CT molecular complexity index is 663. The number of ether oxygens (including phenoxy) is 1. The molecule has 1 amide bonds. The van der Waals surface area contributed by atoms with Gasteiger partial charge in [-0.3, -0.25) is 4.99 Å². The van der Waals surface area contributed by atoms with Crippen LogP contribution in [-0.4, -0.2) is 64.7 Å². The summed E-state index contributed by atoms with van der Waals surface area (Å²) in [6.07, 6.45) is -0.251. The number of hydrogen-bond donors (Lipinski definition) is 1. The Morgan fingerprint density at radius 3 is 2.69 bits per heavy atom. The molecule has 1 unspecified atom stereocenters. The van der Waals surface area contributed by atoms with Crippen molar-refractivity contribution in [1.82, 2.24) is 20.1 Å². The van der Waals surface area contributed by atoms with E-state index < -0.39 is 5.60 Å². The van der Waals surface area contributed by atoms with Gasteiger partial charge in [-0.2, -0.15) is 0 Å². The zero-order valence-corrected chi connectivity index (χ0v) is 18.4. The highest BCUT2D eigenvalue weighted by Gasteiger charge is 2.36. The van der Waals surface area contributed by atoms with Crippen LogP contribution in [0, 0.1) is 13.8 Å². The molecule has 1 aromatic heterocycles. The van der Waals surface area contributed by atoms with E-state index in [1.54, 1.807) is 4.90 Å². The summed E-state index contributed by atoms with van der Waals surface area (Å²) >= 11 is 0. The van der Waals surface area contributed by atoms with Gasteiger partial charge in [0.1, 0.15) is 11.4 Å². The lowest BCUT2D eigenvalue weighted by atomic mass is 10.2. The second-order valence-corrected chi connectivity index (χ2v) is 7.54. The number of amides is 1. The van der Waals surface area contributed by atoms with Crippen molar-refractivity contribution in [2.75, 3.05) is 26.2 Å². The number of nitrogens with one attached hydrogen (secondary N) is 1. The van der Waals surface area contributed by atoms with Crippen LogP contribution in [0.25, 0.3) is 0 Å². The lowest BCUT2D eigenvalue weighted by Crippen LogP contribution is -2.57. The maximum atomic E-state index is 12.2. The van der Waals surface area contributed by atoms with Crippen molar-refractivity contribution in [1.29, 1.82) is 0 Å². The van der Waals surface area contributed by atoms with E-state index in [4.69, 9.17) is 9.15 Å². The fraction of sp³-hybridized carbons (Fsp3) is 0.706. The molecule has 2 aliphatic rings.